The Labute approximate surface area is 121 Å². The molecule has 3 aromatic rings. The zero-order valence-corrected chi connectivity index (χ0v) is 11.5. The average molecular weight is 282 g/mol. The van der Waals surface area contributed by atoms with Gasteiger partial charge in [-0.1, -0.05) is 11.2 Å². The monoisotopic (exact) mass is 282 g/mol. The van der Waals surface area contributed by atoms with Crippen molar-refractivity contribution in [3.8, 4) is 5.69 Å². The SMILES string of the molecule is CN(Cc1ccno1)C(=O)c1cccc(-n2cccn2)c1. The molecule has 2 heterocycles. The number of rotatable bonds is 4. The first-order valence-corrected chi connectivity index (χ1v) is 6.49. The van der Waals surface area contributed by atoms with Crippen molar-refractivity contribution in [3.63, 3.8) is 0 Å². The summed E-state index contributed by atoms with van der Waals surface area (Å²) < 4.78 is 6.73. The van der Waals surface area contributed by atoms with Gasteiger partial charge in [-0.2, -0.15) is 5.10 Å². The van der Waals surface area contributed by atoms with Gasteiger partial charge in [-0.05, 0) is 24.3 Å². The molecule has 21 heavy (non-hydrogen) atoms. The average Bonchev–Trinajstić information content (AvgIpc) is 3.20. The second-order valence-corrected chi connectivity index (χ2v) is 4.64. The van der Waals surface area contributed by atoms with E-state index in [2.05, 4.69) is 10.3 Å². The second kappa shape index (κ2) is 5.62. The molecule has 0 saturated heterocycles. The molecule has 1 amide bonds. The molecule has 0 radical (unpaired) electrons. The lowest BCUT2D eigenvalue weighted by molar-refractivity contribution is 0.0772. The molecule has 0 aliphatic rings. The van der Waals surface area contributed by atoms with Crippen LogP contribution in [0.15, 0.2) is 59.5 Å². The molecule has 0 N–H and O–H groups in total. The molecular formula is C15H14N4O2. The van der Waals surface area contributed by atoms with E-state index in [0.717, 1.165) is 5.69 Å². The maximum Gasteiger partial charge on any atom is 0.254 e. The van der Waals surface area contributed by atoms with Gasteiger partial charge in [0, 0.05) is 31.1 Å². The van der Waals surface area contributed by atoms with Crippen molar-refractivity contribution in [1.29, 1.82) is 0 Å². The van der Waals surface area contributed by atoms with Crippen LogP contribution in [-0.4, -0.2) is 32.8 Å². The number of hydrogen-bond acceptors (Lipinski definition) is 4. The topological polar surface area (TPSA) is 64.2 Å². The summed E-state index contributed by atoms with van der Waals surface area (Å²) in [5.74, 6) is 0.564. The molecular weight excluding hydrogens is 268 g/mol. The summed E-state index contributed by atoms with van der Waals surface area (Å²) >= 11 is 0. The molecule has 2 aromatic heterocycles. The molecule has 0 aliphatic carbocycles. The van der Waals surface area contributed by atoms with Crippen molar-refractivity contribution in [2.45, 2.75) is 6.54 Å². The highest BCUT2D eigenvalue weighted by molar-refractivity contribution is 5.94. The predicted octanol–water partition coefficient (Wildman–Crippen LogP) is 2.13. The van der Waals surface area contributed by atoms with Gasteiger partial charge >= 0.3 is 0 Å². The van der Waals surface area contributed by atoms with Crippen molar-refractivity contribution in [1.82, 2.24) is 19.8 Å². The Morgan fingerprint density at radius 1 is 1.29 bits per heavy atom. The Kier molecular flexibility index (Phi) is 3.51. The lowest BCUT2D eigenvalue weighted by atomic mass is 10.1. The van der Waals surface area contributed by atoms with Crippen LogP contribution in [0.3, 0.4) is 0 Å². The van der Waals surface area contributed by atoms with Gasteiger partial charge in [0.25, 0.3) is 5.91 Å². The van der Waals surface area contributed by atoms with E-state index in [0.29, 0.717) is 17.9 Å². The maximum absolute atomic E-state index is 12.4. The molecule has 6 nitrogen and oxygen atoms in total. The smallest absolute Gasteiger partial charge is 0.254 e. The first kappa shape index (κ1) is 13.1. The summed E-state index contributed by atoms with van der Waals surface area (Å²) in [6.07, 6.45) is 5.10. The normalized spacial score (nSPS) is 10.5. The van der Waals surface area contributed by atoms with Gasteiger partial charge in [-0.15, -0.1) is 0 Å². The first-order valence-electron chi connectivity index (χ1n) is 6.49. The van der Waals surface area contributed by atoms with E-state index in [-0.39, 0.29) is 5.91 Å². The largest absolute Gasteiger partial charge is 0.360 e. The van der Waals surface area contributed by atoms with Crippen molar-refractivity contribution >= 4 is 5.91 Å². The molecule has 0 bridgehead atoms. The predicted molar refractivity (Wildman–Crippen MR) is 75.9 cm³/mol. The van der Waals surface area contributed by atoms with Crippen LogP contribution in [-0.2, 0) is 6.54 Å². The fourth-order valence-electron chi connectivity index (χ4n) is 2.05. The molecule has 0 fully saturated rings. The second-order valence-electron chi connectivity index (χ2n) is 4.64. The molecule has 0 spiro atoms. The van der Waals surface area contributed by atoms with E-state index < -0.39 is 0 Å². The van der Waals surface area contributed by atoms with Crippen LogP contribution in [0.25, 0.3) is 5.69 Å². The Bertz CT molecular complexity index is 720. The van der Waals surface area contributed by atoms with Gasteiger partial charge < -0.3 is 9.42 Å². The fraction of sp³-hybridized carbons (Fsp3) is 0.133. The molecule has 3 rings (SSSR count). The Balaban J connectivity index is 1.80. The third-order valence-corrected chi connectivity index (χ3v) is 3.09. The van der Waals surface area contributed by atoms with Gasteiger partial charge in [0.05, 0.1) is 18.4 Å². The number of benzene rings is 1. The van der Waals surface area contributed by atoms with Crippen LogP contribution in [0, 0.1) is 0 Å². The van der Waals surface area contributed by atoms with Crippen LogP contribution >= 0.6 is 0 Å². The van der Waals surface area contributed by atoms with Gasteiger partial charge in [-0.25, -0.2) is 4.68 Å². The number of hydrogen-bond donors (Lipinski definition) is 0. The molecule has 0 saturated carbocycles. The summed E-state index contributed by atoms with van der Waals surface area (Å²) in [6.45, 7) is 0.380. The molecule has 106 valence electrons. The summed E-state index contributed by atoms with van der Waals surface area (Å²) in [4.78, 5) is 14.0. The van der Waals surface area contributed by atoms with Gasteiger partial charge in [0.1, 0.15) is 0 Å². The minimum absolute atomic E-state index is 0.0830. The quantitative estimate of drug-likeness (QED) is 0.735. The Morgan fingerprint density at radius 2 is 2.19 bits per heavy atom. The summed E-state index contributed by atoms with van der Waals surface area (Å²) in [6, 6.07) is 10.9. The standard InChI is InChI=1S/C15H14N4O2/c1-18(11-14-6-8-17-21-14)15(20)12-4-2-5-13(10-12)19-9-3-7-16-19/h2-10H,11H2,1H3. The van der Waals surface area contributed by atoms with E-state index in [4.69, 9.17) is 4.52 Å². The third kappa shape index (κ3) is 2.84. The zero-order chi connectivity index (χ0) is 14.7. The third-order valence-electron chi connectivity index (χ3n) is 3.09. The van der Waals surface area contributed by atoms with Crippen LogP contribution < -0.4 is 0 Å². The minimum atomic E-state index is -0.0830. The summed E-state index contributed by atoms with van der Waals surface area (Å²) in [5.41, 5.74) is 1.45. The fourth-order valence-corrected chi connectivity index (χ4v) is 2.05. The van der Waals surface area contributed by atoms with E-state index in [1.165, 1.54) is 0 Å². The number of nitrogens with zero attached hydrogens (tertiary/aromatic N) is 4. The van der Waals surface area contributed by atoms with Crippen molar-refractivity contribution in [3.05, 3.63) is 66.3 Å². The molecule has 6 heteroatoms. The van der Waals surface area contributed by atoms with E-state index in [9.17, 15) is 4.79 Å². The van der Waals surface area contributed by atoms with E-state index in [1.807, 2.05) is 30.5 Å². The number of carbonyl (C=O) groups is 1. The minimum Gasteiger partial charge on any atom is -0.360 e. The van der Waals surface area contributed by atoms with E-state index >= 15 is 0 Å². The summed E-state index contributed by atoms with van der Waals surface area (Å²) in [5, 5.41) is 7.79. The van der Waals surface area contributed by atoms with Crippen molar-refractivity contribution in [2.24, 2.45) is 0 Å². The van der Waals surface area contributed by atoms with Crippen molar-refractivity contribution < 1.29 is 9.32 Å². The highest BCUT2D eigenvalue weighted by Crippen LogP contribution is 2.12. The van der Waals surface area contributed by atoms with Gasteiger partial charge in [-0.3, -0.25) is 4.79 Å². The highest BCUT2D eigenvalue weighted by atomic mass is 16.5. The van der Waals surface area contributed by atoms with Crippen LogP contribution in [0.2, 0.25) is 0 Å². The van der Waals surface area contributed by atoms with Crippen LogP contribution in [0.4, 0.5) is 0 Å². The lowest BCUT2D eigenvalue weighted by Gasteiger charge is -2.15. The van der Waals surface area contributed by atoms with Crippen LogP contribution in [0.5, 0.6) is 0 Å². The van der Waals surface area contributed by atoms with Crippen molar-refractivity contribution in [2.75, 3.05) is 7.05 Å². The molecule has 0 unspecified atom stereocenters. The van der Waals surface area contributed by atoms with Crippen LogP contribution in [0.1, 0.15) is 16.1 Å². The molecule has 1 aromatic carbocycles. The highest BCUT2D eigenvalue weighted by Gasteiger charge is 2.14. The number of aromatic nitrogens is 3. The van der Waals surface area contributed by atoms with E-state index in [1.54, 1.807) is 41.2 Å². The Morgan fingerprint density at radius 3 is 2.90 bits per heavy atom. The molecule has 0 aliphatic heterocycles. The zero-order valence-electron chi connectivity index (χ0n) is 11.5. The molecule has 0 atom stereocenters. The van der Waals surface area contributed by atoms with Gasteiger partial charge in [0.2, 0.25) is 0 Å². The Hall–Kier alpha value is -2.89. The number of carbonyl (C=O) groups excluding carboxylic acids is 1. The lowest BCUT2D eigenvalue weighted by Crippen LogP contribution is -2.26. The first-order chi connectivity index (χ1) is 10.2. The maximum atomic E-state index is 12.4. The number of amides is 1. The summed E-state index contributed by atoms with van der Waals surface area (Å²) in [7, 11) is 1.73. The van der Waals surface area contributed by atoms with Gasteiger partial charge in [0.15, 0.2) is 5.76 Å².